The van der Waals surface area contributed by atoms with E-state index in [1.807, 2.05) is 6.92 Å². The van der Waals surface area contributed by atoms with E-state index in [9.17, 15) is 14.0 Å². The maximum Gasteiger partial charge on any atom is 0.308 e. The van der Waals surface area contributed by atoms with Crippen LogP contribution in [0.3, 0.4) is 0 Å². The van der Waals surface area contributed by atoms with Gasteiger partial charge in [0.1, 0.15) is 11.6 Å². The van der Waals surface area contributed by atoms with E-state index in [1.54, 1.807) is 39.8 Å². The molecule has 2 aromatic carbocycles. The number of ether oxygens (including phenoxy) is 1. The molecular weight excluding hydrogens is 390 g/mol. The molecule has 0 aromatic heterocycles. The predicted molar refractivity (Wildman–Crippen MR) is 112 cm³/mol. The molecule has 0 aliphatic rings. The Labute approximate surface area is 175 Å². The second-order valence-electron chi connectivity index (χ2n) is 7.33. The zero-order chi connectivity index (χ0) is 22.6. The quantitative estimate of drug-likeness (QED) is 0.668. The number of esters is 1. The summed E-state index contributed by atoms with van der Waals surface area (Å²) < 4.78 is 34.2. The third kappa shape index (κ3) is 5.02. The Morgan fingerprint density at radius 2 is 1.73 bits per heavy atom. The van der Waals surface area contributed by atoms with E-state index in [0.29, 0.717) is 22.3 Å². The van der Waals surface area contributed by atoms with Gasteiger partial charge in [0.05, 0.1) is 25.6 Å². The Balaban J connectivity index is 2.65. The van der Waals surface area contributed by atoms with Gasteiger partial charge >= 0.3 is 5.97 Å². The van der Waals surface area contributed by atoms with Crippen LogP contribution in [0.4, 0.5) is 8.78 Å². The van der Waals surface area contributed by atoms with Crippen molar-refractivity contribution in [2.24, 2.45) is 5.73 Å². The summed E-state index contributed by atoms with van der Waals surface area (Å²) in [5.41, 5.74) is 9.33. The van der Waals surface area contributed by atoms with Gasteiger partial charge in [0.2, 0.25) is 5.91 Å². The van der Waals surface area contributed by atoms with Crippen LogP contribution in [-0.2, 0) is 14.3 Å². The maximum atomic E-state index is 15.1. The first-order valence-electron chi connectivity index (χ1n) is 9.82. The van der Waals surface area contributed by atoms with Crippen molar-refractivity contribution < 1.29 is 23.1 Å². The molecule has 30 heavy (non-hydrogen) atoms. The zero-order valence-electron chi connectivity index (χ0n) is 18.0. The molecule has 0 spiro atoms. The third-order valence-electron chi connectivity index (χ3n) is 5.18. The Hall–Kier alpha value is -2.80. The minimum atomic E-state index is -0.944. The van der Waals surface area contributed by atoms with Crippen molar-refractivity contribution in [3.63, 3.8) is 0 Å². The van der Waals surface area contributed by atoms with Crippen LogP contribution in [0, 0.1) is 39.3 Å². The Kier molecular flexibility index (Phi) is 7.67. The maximum absolute atomic E-state index is 15.1. The van der Waals surface area contributed by atoms with Crippen LogP contribution in [0.25, 0.3) is 11.1 Å². The number of rotatable bonds is 7. The van der Waals surface area contributed by atoms with Crippen molar-refractivity contribution in [2.75, 3.05) is 13.2 Å². The molecule has 2 rings (SSSR count). The molecule has 0 heterocycles. The van der Waals surface area contributed by atoms with Gasteiger partial charge in [-0.3, -0.25) is 9.59 Å². The van der Waals surface area contributed by atoms with E-state index in [0.717, 1.165) is 11.1 Å². The Bertz CT molecular complexity index is 974. The van der Waals surface area contributed by atoms with Crippen molar-refractivity contribution in [3.05, 3.63) is 57.7 Å². The van der Waals surface area contributed by atoms with Crippen LogP contribution in [-0.4, -0.2) is 25.0 Å². The fourth-order valence-electron chi connectivity index (χ4n) is 3.55. The lowest BCUT2D eigenvalue weighted by Crippen LogP contribution is -2.35. The van der Waals surface area contributed by atoms with Crippen LogP contribution in [0.1, 0.15) is 47.2 Å². The van der Waals surface area contributed by atoms with Crippen LogP contribution >= 0.6 is 0 Å². The number of hydrogen-bond donors (Lipinski definition) is 2. The number of aryl methyl sites for hydroxylation is 2. The number of benzene rings is 2. The SMILES string of the molecule is CCOC(=O)CC(NC(=O)CN)c1cc(-c2c(C)cc(F)c(C)c2C)cc(C)c1F. The first kappa shape index (κ1) is 23.5. The van der Waals surface area contributed by atoms with Gasteiger partial charge in [0, 0.05) is 5.56 Å². The number of amides is 1. The third-order valence-corrected chi connectivity index (χ3v) is 5.18. The molecule has 1 unspecified atom stereocenters. The molecule has 0 radical (unpaired) electrons. The normalized spacial score (nSPS) is 11.9. The number of halogens is 2. The van der Waals surface area contributed by atoms with Gasteiger partial charge in [-0.2, -0.15) is 0 Å². The van der Waals surface area contributed by atoms with E-state index >= 15 is 4.39 Å². The average Bonchev–Trinajstić information content (AvgIpc) is 2.68. The zero-order valence-corrected chi connectivity index (χ0v) is 18.0. The molecule has 7 heteroatoms. The first-order valence-corrected chi connectivity index (χ1v) is 9.82. The van der Waals surface area contributed by atoms with Crippen LogP contribution in [0.2, 0.25) is 0 Å². The molecule has 3 N–H and O–H groups in total. The van der Waals surface area contributed by atoms with Gasteiger partial charge in [-0.05, 0) is 86.2 Å². The minimum Gasteiger partial charge on any atom is -0.466 e. The number of nitrogens with two attached hydrogens (primary N) is 1. The molecule has 5 nitrogen and oxygen atoms in total. The predicted octanol–water partition coefficient (Wildman–Crippen LogP) is 3.93. The van der Waals surface area contributed by atoms with E-state index < -0.39 is 23.7 Å². The van der Waals surface area contributed by atoms with Gasteiger partial charge in [-0.25, -0.2) is 8.78 Å². The topological polar surface area (TPSA) is 81.4 Å². The van der Waals surface area contributed by atoms with Gasteiger partial charge < -0.3 is 15.8 Å². The number of carbonyl (C=O) groups is 2. The van der Waals surface area contributed by atoms with E-state index in [1.165, 1.54) is 6.07 Å². The second-order valence-corrected chi connectivity index (χ2v) is 7.33. The summed E-state index contributed by atoms with van der Waals surface area (Å²) in [5.74, 6) is -1.91. The minimum absolute atomic E-state index is 0.153. The van der Waals surface area contributed by atoms with Crippen LogP contribution < -0.4 is 11.1 Å². The van der Waals surface area contributed by atoms with Crippen molar-refractivity contribution >= 4 is 11.9 Å². The monoisotopic (exact) mass is 418 g/mol. The lowest BCUT2D eigenvalue weighted by Gasteiger charge is -2.22. The summed E-state index contributed by atoms with van der Waals surface area (Å²) in [6.45, 7) is 8.44. The number of nitrogens with one attached hydrogen (secondary N) is 1. The van der Waals surface area contributed by atoms with Gasteiger partial charge in [0.25, 0.3) is 0 Å². The highest BCUT2D eigenvalue weighted by atomic mass is 19.1. The summed E-state index contributed by atoms with van der Waals surface area (Å²) >= 11 is 0. The molecule has 1 atom stereocenters. The van der Waals surface area contributed by atoms with Crippen molar-refractivity contribution in [1.82, 2.24) is 5.32 Å². The highest BCUT2D eigenvalue weighted by molar-refractivity contribution is 5.80. The largest absolute Gasteiger partial charge is 0.466 e. The molecule has 162 valence electrons. The lowest BCUT2D eigenvalue weighted by atomic mass is 9.88. The van der Waals surface area contributed by atoms with E-state index in [-0.39, 0.29) is 31.0 Å². The van der Waals surface area contributed by atoms with E-state index in [2.05, 4.69) is 5.32 Å². The van der Waals surface area contributed by atoms with E-state index in [4.69, 9.17) is 10.5 Å². The van der Waals surface area contributed by atoms with Gasteiger partial charge in [-0.15, -0.1) is 0 Å². The summed E-state index contributed by atoms with van der Waals surface area (Å²) in [6, 6.07) is 3.77. The fourth-order valence-corrected chi connectivity index (χ4v) is 3.55. The first-order chi connectivity index (χ1) is 14.1. The fraction of sp³-hybridized carbons (Fsp3) is 0.391. The van der Waals surface area contributed by atoms with Crippen LogP contribution in [0.5, 0.6) is 0 Å². The Morgan fingerprint density at radius 3 is 2.33 bits per heavy atom. The summed E-state index contributed by atoms with van der Waals surface area (Å²) in [4.78, 5) is 24.0. The lowest BCUT2D eigenvalue weighted by molar-refractivity contribution is -0.143. The molecule has 0 bridgehead atoms. The van der Waals surface area contributed by atoms with Gasteiger partial charge in [0.15, 0.2) is 0 Å². The molecular formula is C23H28F2N2O3. The standard InChI is InChI=1S/C23H28F2N2O3/c1-6-30-21(29)10-19(27-20(28)11-26)17-9-16(7-13(3)23(17)25)22-12(2)8-18(24)14(4)15(22)5/h7-9,19H,6,10-11,26H2,1-5H3,(H,27,28). The second kappa shape index (κ2) is 9.80. The van der Waals surface area contributed by atoms with Crippen molar-refractivity contribution in [2.45, 2.75) is 47.1 Å². The Morgan fingerprint density at radius 1 is 1.07 bits per heavy atom. The number of carbonyl (C=O) groups excluding carboxylic acids is 2. The molecule has 0 aliphatic heterocycles. The molecule has 2 aromatic rings. The van der Waals surface area contributed by atoms with Gasteiger partial charge in [-0.1, -0.05) is 0 Å². The summed E-state index contributed by atoms with van der Waals surface area (Å²) in [7, 11) is 0. The number of hydrogen-bond acceptors (Lipinski definition) is 4. The highest BCUT2D eigenvalue weighted by Gasteiger charge is 2.24. The molecule has 0 fully saturated rings. The average molecular weight is 418 g/mol. The smallest absolute Gasteiger partial charge is 0.308 e. The highest BCUT2D eigenvalue weighted by Crippen LogP contribution is 2.35. The molecule has 0 aliphatic carbocycles. The summed E-state index contributed by atoms with van der Waals surface area (Å²) in [5, 5.41) is 2.60. The molecule has 0 saturated carbocycles. The van der Waals surface area contributed by atoms with Crippen molar-refractivity contribution in [3.8, 4) is 11.1 Å². The van der Waals surface area contributed by atoms with Crippen molar-refractivity contribution in [1.29, 1.82) is 0 Å². The molecule has 0 saturated heterocycles. The molecule has 1 amide bonds. The summed E-state index contributed by atoms with van der Waals surface area (Å²) in [6.07, 6.45) is -0.236. The van der Waals surface area contributed by atoms with Crippen LogP contribution in [0.15, 0.2) is 18.2 Å².